The lowest BCUT2D eigenvalue weighted by atomic mass is 9.97. The molecule has 0 spiro atoms. The van der Waals surface area contributed by atoms with Gasteiger partial charge in [-0.2, -0.15) is 0 Å². The molecule has 0 fully saturated rings. The van der Waals surface area contributed by atoms with Crippen molar-refractivity contribution >= 4 is 5.97 Å². The number of carboxylic acids is 1. The van der Waals surface area contributed by atoms with Gasteiger partial charge >= 0.3 is 5.97 Å². The first-order chi connectivity index (χ1) is 10.5. The molecule has 1 unspecified atom stereocenters. The van der Waals surface area contributed by atoms with E-state index in [-0.39, 0.29) is 18.1 Å². The van der Waals surface area contributed by atoms with E-state index < -0.39 is 5.97 Å². The summed E-state index contributed by atoms with van der Waals surface area (Å²) in [7, 11) is 0. The fourth-order valence-corrected chi connectivity index (χ4v) is 2.78. The molecule has 0 aliphatic carbocycles. The number of imidazole rings is 1. The minimum Gasteiger partial charge on any atom is -0.486 e. The number of halogens is 1. The molecule has 0 amide bonds. The Morgan fingerprint density at radius 3 is 3.09 bits per heavy atom. The second-order valence-corrected chi connectivity index (χ2v) is 5.62. The lowest BCUT2D eigenvalue weighted by Gasteiger charge is -2.22. The monoisotopic (exact) mass is 304 g/mol. The Bertz CT molecular complexity index is 711. The minimum atomic E-state index is -1.02. The summed E-state index contributed by atoms with van der Waals surface area (Å²) in [6.07, 6.45) is 1.68. The van der Waals surface area contributed by atoms with Gasteiger partial charge in [-0.15, -0.1) is 0 Å². The van der Waals surface area contributed by atoms with Crippen LogP contribution in [0.4, 0.5) is 4.39 Å². The third kappa shape index (κ3) is 2.81. The standard InChI is InChI=1S/C16H17FN2O3/c1-10-5-6-19-13(7-10)15(16(20)21)18-14(19)9-22-12-4-2-3-11(17)8-12/h2-4,8,10H,5-7,9H2,1H3,(H,20,21). The maximum absolute atomic E-state index is 13.1. The highest BCUT2D eigenvalue weighted by molar-refractivity contribution is 5.87. The van der Waals surface area contributed by atoms with E-state index in [1.54, 1.807) is 12.1 Å². The van der Waals surface area contributed by atoms with Crippen LogP contribution in [0.2, 0.25) is 0 Å². The average molecular weight is 304 g/mol. The topological polar surface area (TPSA) is 64.4 Å². The van der Waals surface area contributed by atoms with Crippen molar-refractivity contribution < 1.29 is 19.0 Å². The van der Waals surface area contributed by atoms with E-state index in [0.29, 0.717) is 23.9 Å². The molecular formula is C16H17FN2O3. The normalized spacial score (nSPS) is 17.1. The zero-order chi connectivity index (χ0) is 15.7. The van der Waals surface area contributed by atoms with Gasteiger partial charge in [0, 0.05) is 12.6 Å². The van der Waals surface area contributed by atoms with Crippen LogP contribution in [0, 0.1) is 11.7 Å². The van der Waals surface area contributed by atoms with E-state index in [4.69, 9.17) is 4.74 Å². The lowest BCUT2D eigenvalue weighted by molar-refractivity contribution is 0.0688. The van der Waals surface area contributed by atoms with E-state index in [2.05, 4.69) is 11.9 Å². The van der Waals surface area contributed by atoms with Crippen LogP contribution in [-0.2, 0) is 19.6 Å². The zero-order valence-electron chi connectivity index (χ0n) is 12.3. The maximum atomic E-state index is 13.1. The summed E-state index contributed by atoms with van der Waals surface area (Å²) in [6, 6.07) is 5.85. The van der Waals surface area contributed by atoms with Crippen molar-refractivity contribution in [3.8, 4) is 5.75 Å². The Balaban J connectivity index is 1.85. The molecule has 6 heteroatoms. The van der Waals surface area contributed by atoms with Crippen LogP contribution in [0.5, 0.6) is 5.75 Å². The van der Waals surface area contributed by atoms with Gasteiger partial charge in [-0.3, -0.25) is 0 Å². The Hall–Kier alpha value is -2.37. The van der Waals surface area contributed by atoms with Gasteiger partial charge in [-0.25, -0.2) is 14.2 Å². The lowest BCUT2D eigenvalue weighted by Crippen LogP contribution is -2.20. The molecule has 5 nitrogen and oxygen atoms in total. The van der Waals surface area contributed by atoms with Gasteiger partial charge in [0.25, 0.3) is 0 Å². The fraction of sp³-hybridized carbons (Fsp3) is 0.375. The minimum absolute atomic E-state index is 0.101. The number of carbonyl (C=O) groups is 1. The molecule has 1 aromatic heterocycles. The number of aromatic carboxylic acids is 1. The predicted octanol–water partition coefficient (Wildman–Crippen LogP) is 2.88. The first-order valence-electron chi connectivity index (χ1n) is 7.24. The summed E-state index contributed by atoms with van der Waals surface area (Å²) < 4.78 is 20.6. The van der Waals surface area contributed by atoms with Gasteiger partial charge in [0.1, 0.15) is 24.0 Å². The molecule has 1 atom stereocenters. The Kier molecular flexibility index (Phi) is 3.83. The van der Waals surface area contributed by atoms with Crippen molar-refractivity contribution in [3.05, 3.63) is 47.3 Å². The molecule has 1 aromatic carbocycles. The number of hydrogen-bond donors (Lipinski definition) is 1. The van der Waals surface area contributed by atoms with Crippen LogP contribution in [0.25, 0.3) is 0 Å². The maximum Gasteiger partial charge on any atom is 0.356 e. The van der Waals surface area contributed by atoms with Crippen LogP contribution in [0.3, 0.4) is 0 Å². The van der Waals surface area contributed by atoms with E-state index in [9.17, 15) is 14.3 Å². The summed E-state index contributed by atoms with van der Waals surface area (Å²) in [4.78, 5) is 15.6. The molecular weight excluding hydrogens is 287 g/mol. The van der Waals surface area contributed by atoms with E-state index in [1.807, 2.05) is 4.57 Å². The molecule has 2 aromatic rings. The molecule has 116 valence electrons. The highest BCUT2D eigenvalue weighted by atomic mass is 19.1. The summed E-state index contributed by atoms with van der Waals surface area (Å²) in [6.45, 7) is 2.96. The highest BCUT2D eigenvalue weighted by Gasteiger charge is 2.26. The van der Waals surface area contributed by atoms with Crippen molar-refractivity contribution in [2.24, 2.45) is 5.92 Å². The molecule has 3 rings (SSSR count). The zero-order valence-corrected chi connectivity index (χ0v) is 12.3. The van der Waals surface area contributed by atoms with Gasteiger partial charge in [0.15, 0.2) is 5.69 Å². The molecule has 1 aliphatic heterocycles. The number of nitrogens with zero attached hydrogens (tertiary/aromatic N) is 2. The molecule has 1 aliphatic rings. The van der Waals surface area contributed by atoms with Crippen LogP contribution in [0.15, 0.2) is 24.3 Å². The van der Waals surface area contributed by atoms with Gasteiger partial charge in [0.05, 0.1) is 5.69 Å². The molecule has 0 radical (unpaired) electrons. The van der Waals surface area contributed by atoms with Crippen LogP contribution < -0.4 is 4.74 Å². The van der Waals surface area contributed by atoms with Gasteiger partial charge in [-0.1, -0.05) is 13.0 Å². The van der Waals surface area contributed by atoms with Crippen LogP contribution in [0.1, 0.15) is 35.4 Å². The van der Waals surface area contributed by atoms with Crippen LogP contribution in [-0.4, -0.2) is 20.6 Å². The molecule has 2 heterocycles. The van der Waals surface area contributed by atoms with Gasteiger partial charge in [0.2, 0.25) is 0 Å². The Morgan fingerprint density at radius 1 is 1.55 bits per heavy atom. The smallest absolute Gasteiger partial charge is 0.356 e. The largest absolute Gasteiger partial charge is 0.486 e. The van der Waals surface area contributed by atoms with E-state index in [0.717, 1.165) is 18.7 Å². The van der Waals surface area contributed by atoms with Crippen molar-refractivity contribution in [1.29, 1.82) is 0 Å². The number of rotatable bonds is 4. The van der Waals surface area contributed by atoms with Crippen molar-refractivity contribution in [3.63, 3.8) is 0 Å². The Labute approximate surface area is 127 Å². The fourth-order valence-electron chi connectivity index (χ4n) is 2.78. The summed E-state index contributed by atoms with van der Waals surface area (Å²) in [5.41, 5.74) is 0.855. The molecule has 0 saturated carbocycles. The van der Waals surface area contributed by atoms with Crippen molar-refractivity contribution in [2.45, 2.75) is 32.9 Å². The predicted molar refractivity (Wildman–Crippen MR) is 77.4 cm³/mol. The molecule has 1 N–H and O–H groups in total. The number of benzene rings is 1. The summed E-state index contributed by atoms with van der Waals surface area (Å²) in [5.74, 6) is 0.0267. The number of aromatic nitrogens is 2. The van der Waals surface area contributed by atoms with Crippen molar-refractivity contribution in [2.75, 3.05) is 0 Å². The molecule has 0 bridgehead atoms. The number of hydrogen-bond acceptors (Lipinski definition) is 3. The van der Waals surface area contributed by atoms with Crippen LogP contribution >= 0.6 is 0 Å². The highest BCUT2D eigenvalue weighted by Crippen LogP contribution is 2.25. The first-order valence-corrected chi connectivity index (χ1v) is 7.24. The molecule has 0 saturated heterocycles. The van der Waals surface area contributed by atoms with Crippen molar-refractivity contribution in [1.82, 2.24) is 9.55 Å². The van der Waals surface area contributed by atoms with E-state index in [1.165, 1.54) is 12.1 Å². The summed E-state index contributed by atoms with van der Waals surface area (Å²) >= 11 is 0. The quantitative estimate of drug-likeness (QED) is 0.943. The summed E-state index contributed by atoms with van der Waals surface area (Å²) in [5, 5.41) is 9.30. The third-order valence-corrected chi connectivity index (χ3v) is 3.91. The SMILES string of the molecule is CC1CCn2c(COc3cccc(F)c3)nc(C(=O)O)c2C1. The molecule has 22 heavy (non-hydrogen) atoms. The van der Waals surface area contributed by atoms with Gasteiger partial charge < -0.3 is 14.4 Å². The third-order valence-electron chi connectivity index (χ3n) is 3.91. The first kappa shape index (κ1) is 14.6. The number of fused-ring (bicyclic) bond motifs is 1. The van der Waals surface area contributed by atoms with E-state index >= 15 is 0 Å². The number of ether oxygens (including phenoxy) is 1. The number of carboxylic acid groups (broad SMARTS) is 1. The second-order valence-electron chi connectivity index (χ2n) is 5.62. The average Bonchev–Trinajstić information content (AvgIpc) is 2.83. The van der Waals surface area contributed by atoms with Gasteiger partial charge in [-0.05, 0) is 30.9 Å². The Morgan fingerprint density at radius 2 is 2.36 bits per heavy atom. The second kappa shape index (κ2) is 5.79.